The summed E-state index contributed by atoms with van der Waals surface area (Å²) >= 11 is 2.89. The largest absolute Gasteiger partial charge is 0.245 e. The van der Waals surface area contributed by atoms with Gasteiger partial charge in [0.05, 0.1) is 11.7 Å². The smallest absolute Gasteiger partial charge is 0.207 e. The zero-order valence-corrected chi connectivity index (χ0v) is 16.7. The molecule has 132 valence electrons. The van der Waals surface area contributed by atoms with Crippen LogP contribution < -0.4 is 0 Å². The van der Waals surface area contributed by atoms with E-state index in [9.17, 15) is 8.42 Å². The van der Waals surface area contributed by atoms with E-state index in [1.165, 1.54) is 0 Å². The van der Waals surface area contributed by atoms with E-state index >= 15 is 0 Å². The summed E-state index contributed by atoms with van der Waals surface area (Å²) in [6.45, 7) is 7.09. The average molecular weight is 386 g/mol. The molecular weight excluding hydrogens is 362 g/mol. The standard InChI is InChI=1S/C16H23N3O2S3/c1-16(2,3)22-11-12-7-4-5-10-19(12)24(20,21)14-9-6-8-13-15(14)18-23-17-13/h6,8-9,12H,4-5,7,10-11H2,1-3H3/t12-/m1/s1. The van der Waals surface area contributed by atoms with Crippen LogP contribution in [0.25, 0.3) is 11.0 Å². The second-order valence-corrected chi connectivity index (χ2v) is 11.3. The summed E-state index contributed by atoms with van der Waals surface area (Å²) < 4.78 is 36.8. The molecule has 0 aliphatic carbocycles. The first-order valence-corrected chi connectivity index (χ1v) is 11.3. The van der Waals surface area contributed by atoms with Gasteiger partial charge in [-0.3, -0.25) is 0 Å². The number of nitrogens with zero attached hydrogens (tertiary/aromatic N) is 3. The first kappa shape index (κ1) is 18.1. The van der Waals surface area contributed by atoms with E-state index in [1.54, 1.807) is 22.5 Å². The molecule has 2 aromatic rings. The fourth-order valence-electron chi connectivity index (χ4n) is 2.92. The van der Waals surface area contributed by atoms with Gasteiger partial charge in [0.1, 0.15) is 15.9 Å². The predicted molar refractivity (Wildman–Crippen MR) is 101 cm³/mol. The molecule has 1 aliphatic rings. The lowest BCUT2D eigenvalue weighted by molar-refractivity contribution is 0.272. The number of fused-ring (bicyclic) bond motifs is 1. The number of thioether (sulfide) groups is 1. The Morgan fingerprint density at radius 1 is 1.29 bits per heavy atom. The summed E-state index contributed by atoms with van der Waals surface area (Å²) in [5, 5.41) is 0. The molecule has 0 bridgehead atoms. The van der Waals surface area contributed by atoms with Crippen molar-refractivity contribution in [2.45, 2.75) is 55.7 Å². The lowest BCUT2D eigenvalue weighted by Crippen LogP contribution is -2.45. The Morgan fingerprint density at radius 2 is 2.08 bits per heavy atom. The maximum absolute atomic E-state index is 13.3. The summed E-state index contributed by atoms with van der Waals surface area (Å²) in [6.07, 6.45) is 2.93. The van der Waals surface area contributed by atoms with Gasteiger partial charge >= 0.3 is 0 Å². The average Bonchev–Trinajstić information content (AvgIpc) is 3.00. The molecule has 1 aromatic heterocycles. The molecule has 24 heavy (non-hydrogen) atoms. The van der Waals surface area contributed by atoms with Gasteiger partial charge in [0.25, 0.3) is 0 Å². The maximum atomic E-state index is 13.3. The monoisotopic (exact) mass is 385 g/mol. The third-order valence-corrected chi connectivity index (χ3v) is 8.06. The third-order valence-electron chi connectivity index (χ3n) is 4.12. The zero-order valence-electron chi connectivity index (χ0n) is 14.2. The summed E-state index contributed by atoms with van der Waals surface area (Å²) in [5.74, 6) is 0.827. The highest BCUT2D eigenvalue weighted by Crippen LogP contribution is 2.33. The van der Waals surface area contributed by atoms with Crippen LogP contribution in [0, 0.1) is 0 Å². The van der Waals surface area contributed by atoms with Crippen LogP contribution in [0.2, 0.25) is 0 Å². The molecule has 2 heterocycles. The second kappa shape index (κ2) is 6.90. The van der Waals surface area contributed by atoms with Crippen LogP contribution in [-0.2, 0) is 10.0 Å². The van der Waals surface area contributed by atoms with E-state index in [1.807, 2.05) is 11.8 Å². The summed E-state index contributed by atoms with van der Waals surface area (Å²) in [5.41, 5.74) is 1.15. The Labute approximate surface area is 152 Å². The molecule has 1 atom stereocenters. The number of hydrogen-bond donors (Lipinski definition) is 0. The number of sulfonamides is 1. The van der Waals surface area contributed by atoms with Gasteiger partial charge in [0.15, 0.2) is 0 Å². The van der Waals surface area contributed by atoms with Gasteiger partial charge in [-0.2, -0.15) is 24.8 Å². The Bertz CT molecular complexity index is 811. The van der Waals surface area contributed by atoms with Crippen LogP contribution in [0.15, 0.2) is 23.1 Å². The fourth-order valence-corrected chi connectivity index (χ4v) is 6.50. The van der Waals surface area contributed by atoms with Gasteiger partial charge in [-0.15, -0.1) is 0 Å². The Balaban J connectivity index is 1.93. The molecule has 0 saturated carbocycles. The van der Waals surface area contributed by atoms with Crippen molar-refractivity contribution in [2.75, 3.05) is 12.3 Å². The van der Waals surface area contributed by atoms with Crippen LogP contribution in [0.1, 0.15) is 40.0 Å². The van der Waals surface area contributed by atoms with E-state index in [2.05, 4.69) is 29.5 Å². The molecule has 1 fully saturated rings. The molecule has 1 saturated heterocycles. The van der Waals surface area contributed by atoms with E-state index in [4.69, 9.17) is 0 Å². The minimum absolute atomic E-state index is 0.0508. The number of hydrogen-bond acceptors (Lipinski definition) is 6. The molecule has 1 aliphatic heterocycles. The highest BCUT2D eigenvalue weighted by atomic mass is 32.2. The maximum Gasteiger partial charge on any atom is 0.245 e. The summed E-state index contributed by atoms with van der Waals surface area (Å²) in [7, 11) is -3.55. The van der Waals surface area contributed by atoms with Crippen molar-refractivity contribution in [1.82, 2.24) is 13.1 Å². The molecule has 5 nitrogen and oxygen atoms in total. The number of aromatic nitrogens is 2. The van der Waals surface area contributed by atoms with E-state index in [-0.39, 0.29) is 10.8 Å². The van der Waals surface area contributed by atoms with Gasteiger partial charge in [-0.1, -0.05) is 33.3 Å². The van der Waals surface area contributed by atoms with Crippen molar-refractivity contribution in [3.8, 4) is 0 Å². The third kappa shape index (κ3) is 3.76. The molecule has 0 unspecified atom stereocenters. The highest BCUT2D eigenvalue weighted by molar-refractivity contribution is 8.00. The Morgan fingerprint density at radius 3 is 2.83 bits per heavy atom. The van der Waals surface area contributed by atoms with Crippen LogP contribution in [-0.4, -0.2) is 44.6 Å². The van der Waals surface area contributed by atoms with Crippen molar-refractivity contribution < 1.29 is 8.42 Å². The van der Waals surface area contributed by atoms with E-state index in [0.717, 1.165) is 36.7 Å². The summed E-state index contributed by atoms with van der Waals surface area (Å²) in [4.78, 5) is 0.293. The lowest BCUT2D eigenvalue weighted by Gasteiger charge is -2.35. The highest BCUT2D eigenvalue weighted by Gasteiger charge is 2.35. The summed E-state index contributed by atoms with van der Waals surface area (Å²) in [6, 6.07) is 5.26. The van der Waals surface area contributed by atoms with Crippen LogP contribution in [0.4, 0.5) is 0 Å². The SMILES string of the molecule is CC(C)(C)SC[C@H]1CCCCN1S(=O)(=O)c1cccc2nsnc12. The van der Waals surface area contributed by atoms with Crippen molar-refractivity contribution in [3.05, 3.63) is 18.2 Å². The zero-order chi connectivity index (χ0) is 17.4. The topological polar surface area (TPSA) is 63.2 Å². The number of benzene rings is 1. The van der Waals surface area contributed by atoms with Crippen molar-refractivity contribution in [1.29, 1.82) is 0 Å². The quantitative estimate of drug-likeness (QED) is 0.802. The van der Waals surface area contributed by atoms with Crippen LogP contribution in [0.3, 0.4) is 0 Å². The van der Waals surface area contributed by atoms with Crippen molar-refractivity contribution in [3.63, 3.8) is 0 Å². The first-order chi connectivity index (χ1) is 11.3. The Hall–Kier alpha value is -0.700. The lowest BCUT2D eigenvalue weighted by atomic mass is 10.1. The van der Waals surface area contributed by atoms with Gasteiger partial charge < -0.3 is 0 Å². The number of rotatable bonds is 4. The van der Waals surface area contributed by atoms with Gasteiger partial charge in [-0.25, -0.2) is 8.42 Å². The number of piperidine rings is 1. The predicted octanol–water partition coefficient (Wildman–Crippen LogP) is 3.77. The minimum Gasteiger partial charge on any atom is -0.207 e. The van der Waals surface area contributed by atoms with E-state index < -0.39 is 10.0 Å². The first-order valence-electron chi connectivity index (χ1n) is 8.16. The normalized spacial score (nSPS) is 20.5. The molecule has 0 N–H and O–H groups in total. The molecular formula is C16H23N3O2S3. The van der Waals surface area contributed by atoms with Crippen LogP contribution in [0.5, 0.6) is 0 Å². The Kier molecular flexibility index (Phi) is 5.20. The molecule has 8 heteroatoms. The van der Waals surface area contributed by atoms with Crippen molar-refractivity contribution >= 4 is 44.5 Å². The van der Waals surface area contributed by atoms with Gasteiger partial charge in [-0.05, 0) is 25.0 Å². The molecule has 0 amide bonds. The molecule has 0 spiro atoms. The van der Waals surface area contributed by atoms with E-state index in [0.29, 0.717) is 22.5 Å². The second-order valence-electron chi connectivity index (χ2n) is 7.08. The molecule has 1 aromatic carbocycles. The molecule has 3 rings (SSSR count). The van der Waals surface area contributed by atoms with Gasteiger partial charge in [0.2, 0.25) is 10.0 Å². The molecule has 0 radical (unpaired) electrons. The van der Waals surface area contributed by atoms with Gasteiger partial charge in [0, 0.05) is 23.1 Å². The van der Waals surface area contributed by atoms with Crippen LogP contribution >= 0.6 is 23.5 Å². The van der Waals surface area contributed by atoms with Crippen molar-refractivity contribution in [2.24, 2.45) is 0 Å². The fraction of sp³-hybridized carbons (Fsp3) is 0.625. The minimum atomic E-state index is -3.55.